The molecule has 27 heavy (non-hydrogen) atoms. The predicted molar refractivity (Wildman–Crippen MR) is 101 cm³/mol. The lowest BCUT2D eigenvalue weighted by atomic mass is 10.1. The van der Waals surface area contributed by atoms with Gasteiger partial charge in [0.1, 0.15) is 5.82 Å². The third-order valence-electron chi connectivity index (χ3n) is 5.39. The van der Waals surface area contributed by atoms with Gasteiger partial charge in [-0.3, -0.25) is 9.58 Å². The van der Waals surface area contributed by atoms with E-state index in [-0.39, 0.29) is 17.9 Å². The summed E-state index contributed by atoms with van der Waals surface area (Å²) in [5.74, 6) is -0.198. The Kier molecular flexibility index (Phi) is 5.38. The van der Waals surface area contributed by atoms with Crippen LogP contribution in [0.5, 0.6) is 0 Å². The summed E-state index contributed by atoms with van der Waals surface area (Å²) in [5, 5.41) is 7.52. The molecule has 1 N–H and O–H groups in total. The number of aromatic nitrogens is 2. The van der Waals surface area contributed by atoms with Crippen molar-refractivity contribution in [1.82, 2.24) is 24.9 Å². The molecule has 1 aromatic carbocycles. The number of carbonyl (C=O) groups is 1. The lowest BCUT2D eigenvalue weighted by Crippen LogP contribution is -2.41. The van der Waals surface area contributed by atoms with Gasteiger partial charge < -0.3 is 10.2 Å². The second-order valence-electron chi connectivity index (χ2n) is 7.44. The number of hydrogen-bond acceptors (Lipinski definition) is 3. The summed E-state index contributed by atoms with van der Waals surface area (Å²) >= 11 is 0. The summed E-state index contributed by atoms with van der Waals surface area (Å²) in [5.41, 5.74) is 2.14. The van der Waals surface area contributed by atoms with Gasteiger partial charge in [-0.25, -0.2) is 9.18 Å². The first-order chi connectivity index (χ1) is 13.2. The molecule has 6 nitrogen and oxygen atoms in total. The van der Waals surface area contributed by atoms with Gasteiger partial charge in [0.25, 0.3) is 0 Å². The van der Waals surface area contributed by atoms with E-state index in [0.29, 0.717) is 13.1 Å². The highest BCUT2D eigenvalue weighted by Crippen LogP contribution is 2.24. The first kappa shape index (κ1) is 18.0. The van der Waals surface area contributed by atoms with E-state index in [1.165, 1.54) is 6.07 Å². The SMILES string of the molecule is O=C(NCC[C@@H]1CN(Cc2cccc(F)c2)Cc2ccnn21)N1CCCC1. The Morgan fingerprint density at radius 1 is 1.26 bits per heavy atom. The second-order valence-corrected chi connectivity index (χ2v) is 7.44. The molecule has 3 heterocycles. The summed E-state index contributed by atoms with van der Waals surface area (Å²) in [6.45, 7) is 4.70. The van der Waals surface area contributed by atoms with Gasteiger partial charge in [-0.05, 0) is 43.0 Å². The van der Waals surface area contributed by atoms with Crippen molar-refractivity contribution in [3.05, 3.63) is 53.6 Å². The van der Waals surface area contributed by atoms with Gasteiger partial charge in [0, 0.05) is 45.5 Å². The van der Waals surface area contributed by atoms with Crippen LogP contribution in [-0.2, 0) is 13.1 Å². The first-order valence-electron chi connectivity index (χ1n) is 9.71. The maximum atomic E-state index is 13.5. The zero-order valence-electron chi connectivity index (χ0n) is 15.5. The highest BCUT2D eigenvalue weighted by atomic mass is 19.1. The number of amides is 2. The van der Waals surface area contributed by atoms with E-state index >= 15 is 0 Å². The van der Waals surface area contributed by atoms with E-state index in [9.17, 15) is 9.18 Å². The molecule has 2 aliphatic rings. The molecule has 1 saturated heterocycles. The number of nitrogens with zero attached hydrogens (tertiary/aromatic N) is 4. The molecule has 0 aliphatic carbocycles. The van der Waals surface area contributed by atoms with Crippen LogP contribution in [0.25, 0.3) is 0 Å². The van der Waals surface area contributed by atoms with Crippen molar-refractivity contribution in [2.75, 3.05) is 26.2 Å². The number of urea groups is 1. The van der Waals surface area contributed by atoms with Crippen molar-refractivity contribution in [2.45, 2.75) is 38.4 Å². The molecule has 4 rings (SSSR count). The molecule has 0 bridgehead atoms. The predicted octanol–water partition coefficient (Wildman–Crippen LogP) is 2.77. The second kappa shape index (κ2) is 8.08. The van der Waals surface area contributed by atoms with E-state index < -0.39 is 0 Å². The third-order valence-corrected chi connectivity index (χ3v) is 5.39. The fourth-order valence-corrected chi connectivity index (χ4v) is 4.07. The molecule has 2 amide bonds. The number of halogens is 1. The van der Waals surface area contributed by atoms with Crippen molar-refractivity contribution in [2.24, 2.45) is 0 Å². The Morgan fingerprint density at radius 3 is 2.93 bits per heavy atom. The molecule has 7 heteroatoms. The van der Waals surface area contributed by atoms with Gasteiger partial charge in [0.2, 0.25) is 0 Å². The van der Waals surface area contributed by atoms with Gasteiger partial charge in [-0.15, -0.1) is 0 Å². The molecular formula is C20H26FN5O. The molecule has 0 unspecified atom stereocenters. The van der Waals surface area contributed by atoms with Crippen molar-refractivity contribution in [1.29, 1.82) is 0 Å². The van der Waals surface area contributed by atoms with E-state index in [1.807, 2.05) is 23.2 Å². The van der Waals surface area contributed by atoms with Crippen LogP contribution in [0.2, 0.25) is 0 Å². The van der Waals surface area contributed by atoms with Crippen LogP contribution in [0.4, 0.5) is 9.18 Å². The number of benzene rings is 1. The van der Waals surface area contributed by atoms with E-state index in [1.54, 1.807) is 12.1 Å². The molecule has 0 radical (unpaired) electrons. The summed E-state index contributed by atoms with van der Waals surface area (Å²) in [6, 6.07) is 9.06. The topological polar surface area (TPSA) is 53.4 Å². The van der Waals surface area contributed by atoms with Crippen LogP contribution in [0.1, 0.15) is 36.6 Å². The molecule has 1 atom stereocenters. The van der Waals surface area contributed by atoms with Crippen LogP contribution >= 0.6 is 0 Å². The Bertz CT molecular complexity index is 786. The molecule has 1 fully saturated rings. The monoisotopic (exact) mass is 371 g/mol. The highest BCUT2D eigenvalue weighted by molar-refractivity contribution is 5.74. The van der Waals surface area contributed by atoms with Gasteiger partial charge in [-0.2, -0.15) is 5.10 Å². The number of rotatable bonds is 5. The molecule has 144 valence electrons. The summed E-state index contributed by atoms with van der Waals surface area (Å²) in [7, 11) is 0. The molecule has 2 aliphatic heterocycles. The third kappa shape index (κ3) is 4.30. The molecule has 2 aromatic rings. The fraction of sp³-hybridized carbons (Fsp3) is 0.500. The van der Waals surface area contributed by atoms with Crippen molar-refractivity contribution >= 4 is 6.03 Å². The van der Waals surface area contributed by atoms with Crippen LogP contribution in [-0.4, -0.2) is 51.8 Å². The maximum Gasteiger partial charge on any atom is 0.317 e. The minimum Gasteiger partial charge on any atom is -0.338 e. The molecule has 1 aromatic heterocycles. The maximum absolute atomic E-state index is 13.5. The number of likely N-dealkylation sites (tertiary alicyclic amines) is 1. The van der Waals surface area contributed by atoms with Gasteiger partial charge in [-0.1, -0.05) is 12.1 Å². The standard InChI is InChI=1S/C20H26FN5O/c21-17-5-3-4-16(12-17)13-24-14-18(26-19(15-24)7-9-23-26)6-8-22-20(27)25-10-1-2-11-25/h3-5,7,9,12,18H,1-2,6,8,10-11,13-15H2,(H,22,27)/t18-/m1/s1. The molecule has 0 saturated carbocycles. The van der Waals surface area contributed by atoms with E-state index in [2.05, 4.69) is 20.0 Å². The van der Waals surface area contributed by atoms with E-state index in [4.69, 9.17) is 0 Å². The zero-order chi connectivity index (χ0) is 18.6. The Hall–Kier alpha value is -2.41. The van der Waals surface area contributed by atoms with Crippen molar-refractivity contribution in [3.8, 4) is 0 Å². The average molecular weight is 371 g/mol. The minimum atomic E-state index is -0.198. The zero-order valence-corrected chi connectivity index (χ0v) is 15.5. The van der Waals surface area contributed by atoms with Gasteiger partial charge in [0.15, 0.2) is 0 Å². The number of carbonyl (C=O) groups excluding carboxylic acids is 1. The van der Waals surface area contributed by atoms with Crippen molar-refractivity contribution < 1.29 is 9.18 Å². The summed E-state index contributed by atoms with van der Waals surface area (Å²) in [4.78, 5) is 16.4. The summed E-state index contributed by atoms with van der Waals surface area (Å²) < 4.78 is 15.6. The number of fused-ring (bicyclic) bond motifs is 1. The largest absolute Gasteiger partial charge is 0.338 e. The number of hydrogen-bond donors (Lipinski definition) is 1. The fourth-order valence-electron chi connectivity index (χ4n) is 4.07. The number of nitrogens with one attached hydrogen (secondary N) is 1. The van der Waals surface area contributed by atoms with Crippen molar-refractivity contribution in [3.63, 3.8) is 0 Å². The lowest BCUT2D eigenvalue weighted by molar-refractivity contribution is 0.160. The summed E-state index contributed by atoms with van der Waals surface area (Å²) in [6.07, 6.45) is 4.86. The lowest BCUT2D eigenvalue weighted by Gasteiger charge is -2.34. The van der Waals surface area contributed by atoms with Crippen LogP contribution in [0.15, 0.2) is 36.5 Å². The first-order valence-corrected chi connectivity index (χ1v) is 9.71. The molecular weight excluding hydrogens is 345 g/mol. The quantitative estimate of drug-likeness (QED) is 0.879. The van der Waals surface area contributed by atoms with Crippen LogP contribution in [0, 0.1) is 5.82 Å². The normalized spacial score (nSPS) is 19.9. The van der Waals surface area contributed by atoms with Gasteiger partial charge >= 0.3 is 6.03 Å². The average Bonchev–Trinajstić information content (AvgIpc) is 3.33. The van der Waals surface area contributed by atoms with E-state index in [0.717, 1.165) is 56.7 Å². The van der Waals surface area contributed by atoms with Crippen LogP contribution < -0.4 is 5.32 Å². The minimum absolute atomic E-state index is 0.0422. The Balaban J connectivity index is 1.36. The Labute approximate surface area is 158 Å². The van der Waals surface area contributed by atoms with Gasteiger partial charge in [0.05, 0.1) is 11.7 Å². The highest BCUT2D eigenvalue weighted by Gasteiger charge is 2.26. The van der Waals surface area contributed by atoms with Crippen LogP contribution in [0.3, 0.4) is 0 Å². The smallest absolute Gasteiger partial charge is 0.317 e. The molecule has 0 spiro atoms. The Morgan fingerprint density at radius 2 is 2.11 bits per heavy atom.